The number of piperidine rings is 1. The summed E-state index contributed by atoms with van der Waals surface area (Å²) in [6.45, 7) is 1.10. The third-order valence-corrected chi connectivity index (χ3v) is 7.58. The normalized spacial score (nSPS) is 22.1. The highest BCUT2D eigenvalue weighted by Crippen LogP contribution is 2.40. The Bertz CT molecular complexity index is 1140. The average molecular weight is 499 g/mol. The van der Waals surface area contributed by atoms with Crippen LogP contribution in [0.5, 0.6) is 0 Å². The van der Waals surface area contributed by atoms with E-state index in [-0.39, 0.29) is 30.0 Å². The highest BCUT2D eigenvalue weighted by atomic mass is 19.4. The maximum atomic E-state index is 13.6. The highest BCUT2D eigenvalue weighted by Gasteiger charge is 2.48. The van der Waals surface area contributed by atoms with Gasteiger partial charge in [-0.3, -0.25) is 19.6 Å². The van der Waals surface area contributed by atoms with E-state index in [1.807, 2.05) is 23.1 Å². The number of rotatable bonds is 4. The molecule has 2 fully saturated rings. The molecule has 0 radical (unpaired) electrons. The third kappa shape index (κ3) is 4.75. The Balaban J connectivity index is 1.36. The molecule has 1 saturated carbocycles. The van der Waals surface area contributed by atoms with Gasteiger partial charge in [0.1, 0.15) is 17.9 Å². The lowest BCUT2D eigenvalue weighted by Crippen LogP contribution is -2.53. The maximum absolute atomic E-state index is 13.6. The van der Waals surface area contributed by atoms with E-state index in [1.54, 1.807) is 11.1 Å². The molecule has 2 aliphatic heterocycles. The van der Waals surface area contributed by atoms with Gasteiger partial charge in [-0.25, -0.2) is 0 Å². The van der Waals surface area contributed by atoms with Crippen LogP contribution >= 0.6 is 0 Å². The van der Waals surface area contributed by atoms with Crippen molar-refractivity contribution in [2.24, 2.45) is 4.99 Å². The zero-order valence-corrected chi connectivity index (χ0v) is 20.0. The second-order valence-corrected chi connectivity index (χ2v) is 9.90. The predicted molar refractivity (Wildman–Crippen MR) is 128 cm³/mol. The van der Waals surface area contributed by atoms with Gasteiger partial charge in [-0.1, -0.05) is 24.6 Å². The Kier molecular flexibility index (Phi) is 6.57. The molecule has 0 bridgehead atoms. The minimum atomic E-state index is -4.45. The predicted octanol–water partition coefficient (Wildman–Crippen LogP) is 4.80. The molecule has 0 N–H and O–H groups in total. The fraction of sp³-hybridized carbons (Fsp3) is 0.481. The summed E-state index contributed by atoms with van der Waals surface area (Å²) in [5.74, 6) is -0.359. The van der Waals surface area contributed by atoms with Crippen molar-refractivity contribution < 1.29 is 22.8 Å². The number of amides is 2. The summed E-state index contributed by atoms with van der Waals surface area (Å²) >= 11 is 0. The first-order chi connectivity index (χ1) is 17.3. The van der Waals surface area contributed by atoms with Crippen molar-refractivity contribution in [3.63, 3.8) is 0 Å². The number of pyridine rings is 1. The van der Waals surface area contributed by atoms with E-state index in [1.165, 1.54) is 12.1 Å². The van der Waals surface area contributed by atoms with Gasteiger partial charge in [0.2, 0.25) is 5.91 Å². The Morgan fingerprint density at radius 3 is 2.44 bits per heavy atom. The van der Waals surface area contributed by atoms with Crippen molar-refractivity contribution >= 4 is 17.5 Å². The number of aliphatic imine (C=N–C) groups is 1. The van der Waals surface area contributed by atoms with Crippen LogP contribution in [0.4, 0.5) is 13.2 Å². The van der Waals surface area contributed by atoms with Crippen LogP contribution in [-0.4, -0.2) is 57.6 Å². The molecule has 36 heavy (non-hydrogen) atoms. The Hall–Kier alpha value is -3.23. The van der Waals surface area contributed by atoms with E-state index in [9.17, 15) is 22.8 Å². The summed E-state index contributed by atoms with van der Waals surface area (Å²) in [4.78, 5) is 39.6. The molecule has 1 atom stereocenters. The van der Waals surface area contributed by atoms with Gasteiger partial charge < -0.3 is 9.80 Å². The van der Waals surface area contributed by atoms with Crippen LogP contribution in [-0.2, 0) is 15.8 Å². The number of halogens is 3. The van der Waals surface area contributed by atoms with Gasteiger partial charge in [0.25, 0.3) is 5.91 Å². The standard InChI is InChI=1S/C27H29F3N4O2/c28-27(29,30)21-11-9-19(10-12-21)24-25(36)34(26(32-24)13-3-1-4-14-26)18-23(35)33-16-6-7-20(17-33)22-8-2-5-15-31-22/h2,5,8-12,15,20H,1,3-4,6-7,13-14,16-18H2. The van der Waals surface area contributed by atoms with E-state index < -0.39 is 17.4 Å². The largest absolute Gasteiger partial charge is 0.416 e. The quantitative estimate of drug-likeness (QED) is 0.609. The van der Waals surface area contributed by atoms with Gasteiger partial charge in [-0.05, 0) is 62.8 Å². The third-order valence-electron chi connectivity index (χ3n) is 7.58. The number of aromatic nitrogens is 1. The lowest BCUT2D eigenvalue weighted by molar-refractivity contribution is -0.142. The topological polar surface area (TPSA) is 65.9 Å². The minimum absolute atomic E-state index is 0.0819. The van der Waals surface area contributed by atoms with Crippen LogP contribution in [0.3, 0.4) is 0 Å². The Morgan fingerprint density at radius 1 is 1.03 bits per heavy atom. The van der Waals surface area contributed by atoms with Gasteiger partial charge in [-0.2, -0.15) is 13.2 Å². The van der Waals surface area contributed by atoms with Crippen LogP contribution in [0.25, 0.3) is 0 Å². The number of benzene rings is 1. The van der Waals surface area contributed by atoms with Crippen LogP contribution in [0.15, 0.2) is 53.7 Å². The number of carbonyl (C=O) groups excluding carboxylic acids is 2. The van der Waals surface area contributed by atoms with Gasteiger partial charge in [0.15, 0.2) is 0 Å². The summed E-state index contributed by atoms with van der Waals surface area (Å²) in [6.07, 6.45) is 3.20. The minimum Gasteiger partial charge on any atom is -0.340 e. The molecule has 2 aromatic rings. The second kappa shape index (κ2) is 9.67. The zero-order valence-electron chi connectivity index (χ0n) is 20.0. The van der Waals surface area contributed by atoms with Gasteiger partial charge in [-0.15, -0.1) is 0 Å². The first-order valence-electron chi connectivity index (χ1n) is 12.5. The molecular weight excluding hydrogens is 469 g/mol. The molecule has 3 aliphatic rings. The maximum Gasteiger partial charge on any atom is 0.416 e. The lowest BCUT2D eigenvalue weighted by atomic mass is 9.88. The molecule has 1 aromatic heterocycles. The number of hydrogen-bond acceptors (Lipinski definition) is 4. The van der Waals surface area contributed by atoms with E-state index in [2.05, 4.69) is 4.98 Å². The first-order valence-corrected chi connectivity index (χ1v) is 12.5. The Morgan fingerprint density at radius 2 is 1.78 bits per heavy atom. The summed E-state index contributed by atoms with van der Waals surface area (Å²) in [5, 5.41) is 0. The van der Waals surface area contributed by atoms with Crippen LogP contribution < -0.4 is 0 Å². The monoisotopic (exact) mass is 498 g/mol. The van der Waals surface area contributed by atoms with Crippen molar-refractivity contribution in [2.45, 2.75) is 62.7 Å². The van der Waals surface area contributed by atoms with Gasteiger partial charge >= 0.3 is 6.18 Å². The van der Waals surface area contributed by atoms with E-state index in [0.29, 0.717) is 31.5 Å². The van der Waals surface area contributed by atoms with Crippen molar-refractivity contribution in [3.05, 3.63) is 65.5 Å². The smallest absolute Gasteiger partial charge is 0.340 e. The van der Waals surface area contributed by atoms with Crippen molar-refractivity contribution in [2.75, 3.05) is 19.6 Å². The number of carbonyl (C=O) groups is 2. The molecule has 5 rings (SSSR count). The molecule has 9 heteroatoms. The molecule has 1 aromatic carbocycles. The number of hydrogen-bond donors (Lipinski definition) is 0. The van der Waals surface area contributed by atoms with Gasteiger partial charge in [0.05, 0.1) is 5.56 Å². The van der Waals surface area contributed by atoms with Crippen LogP contribution in [0.2, 0.25) is 0 Å². The molecule has 1 saturated heterocycles. The molecular formula is C27H29F3N4O2. The number of nitrogens with zero attached hydrogens (tertiary/aromatic N) is 4. The van der Waals surface area contributed by atoms with Crippen LogP contribution in [0, 0.1) is 0 Å². The van der Waals surface area contributed by atoms with Crippen LogP contribution in [0.1, 0.15) is 67.7 Å². The lowest BCUT2D eigenvalue weighted by Gasteiger charge is -2.40. The van der Waals surface area contributed by atoms with Crippen molar-refractivity contribution in [1.29, 1.82) is 0 Å². The first kappa shape index (κ1) is 24.5. The molecule has 1 unspecified atom stereocenters. The SMILES string of the molecule is O=C(CN1C(=O)C(c2ccc(C(F)(F)F)cc2)=NC12CCCCC2)N1CCCC(c2ccccn2)C1. The summed E-state index contributed by atoms with van der Waals surface area (Å²) in [7, 11) is 0. The summed E-state index contributed by atoms with van der Waals surface area (Å²) < 4.78 is 39.1. The average Bonchev–Trinajstić information content (AvgIpc) is 3.15. The molecule has 2 amide bonds. The van der Waals surface area contributed by atoms with Gasteiger partial charge in [0, 0.05) is 36.5 Å². The van der Waals surface area contributed by atoms with Crippen molar-refractivity contribution in [3.8, 4) is 0 Å². The number of alkyl halides is 3. The molecule has 1 aliphatic carbocycles. The molecule has 190 valence electrons. The fourth-order valence-corrected chi connectivity index (χ4v) is 5.65. The second-order valence-electron chi connectivity index (χ2n) is 9.90. The molecule has 3 heterocycles. The summed E-state index contributed by atoms with van der Waals surface area (Å²) in [5.41, 5.74) is -0.128. The van der Waals surface area contributed by atoms with E-state index in [4.69, 9.17) is 4.99 Å². The molecule has 1 spiro atoms. The zero-order chi connectivity index (χ0) is 25.3. The highest BCUT2D eigenvalue weighted by molar-refractivity contribution is 6.47. The Labute approximate surface area is 208 Å². The number of likely N-dealkylation sites (tertiary alicyclic amines) is 1. The van der Waals surface area contributed by atoms with E-state index in [0.717, 1.165) is 49.9 Å². The molecule has 6 nitrogen and oxygen atoms in total. The fourth-order valence-electron chi connectivity index (χ4n) is 5.65. The summed E-state index contributed by atoms with van der Waals surface area (Å²) in [6, 6.07) is 10.3. The van der Waals surface area contributed by atoms with Crippen molar-refractivity contribution in [1.82, 2.24) is 14.8 Å². The van der Waals surface area contributed by atoms with E-state index >= 15 is 0 Å².